The highest BCUT2D eigenvalue weighted by Gasteiger charge is 2.29. The van der Waals surface area contributed by atoms with Crippen LogP contribution in [-0.2, 0) is 16.0 Å². The number of benzene rings is 1. The molecule has 2 amide bonds. The lowest BCUT2D eigenvalue weighted by Crippen LogP contribution is -2.44. The number of pyridine rings is 1. The average Bonchev–Trinajstić information content (AvgIpc) is 2.98. The Kier molecular flexibility index (Phi) is 3.74. The van der Waals surface area contributed by atoms with Crippen molar-refractivity contribution >= 4 is 23.2 Å². The molecule has 0 aliphatic carbocycles. The van der Waals surface area contributed by atoms with E-state index in [1.165, 1.54) is 4.90 Å². The Morgan fingerprint density at radius 3 is 2.73 bits per heavy atom. The number of amides is 2. The van der Waals surface area contributed by atoms with E-state index in [-0.39, 0.29) is 0 Å². The summed E-state index contributed by atoms with van der Waals surface area (Å²) in [6.07, 6.45) is 3.96. The third kappa shape index (κ3) is 2.63. The highest BCUT2D eigenvalue weighted by Crippen LogP contribution is 2.30. The van der Waals surface area contributed by atoms with Crippen molar-refractivity contribution in [1.82, 2.24) is 10.4 Å². The van der Waals surface area contributed by atoms with E-state index in [2.05, 4.69) is 15.8 Å². The second kappa shape index (κ2) is 5.85. The molecule has 22 heavy (non-hydrogen) atoms. The van der Waals surface area contributed by atoms with Gasteiger partial charge in [0.2, 0.25) is 0 Å². The molecule has 0 bridgehead atoms. The number of nitrogens with zero attached hydrogens (tertiary/aromatic N) is 2. The Morgan fingerprint density at radius 1 is 1.18 bits per heavy atom. The maximum atomic E-state index is 12.3. The molecule has 6 heteroatoms. The van der Waals surface area contributed by atoms with Gasteiger partial charge in [-0.2, -0.15) is 0 Å². The van der Waals surface area contributed by atoms with Crippen molar-refractivity contribution in [3.05, 3.63) is 53.9 Å². The SMILES string of the molecule is Cc1cccc2c1CCN2C(=O)C(=O)NNc1ccncc1. The third-order valence-corrected chi connectivity index (χ3v) is 3.70. The Bertz CT molecular complexity index is 715. The van der Waals surface area contributed by atoms with E-state index in [9.17, 15) is 9.59 Å². The second-order valence-electron chi connectivity index (χ2n) is 5.09. The zero-order valence-corrected chi connectivity index (χ0v) is 12.2. The van der Waals surface area contributed by atoms with E-state index in [0.717, 1.165) is 23.2 Å². The Labute approximate surface area is 128 Å². The number of anilines is 2. The minimum atomic E-state index is -0.689. The van der Waals surface area contributed by atoms with Crippen molar-refractivity contribution in [2.45, 2.75) is 13.3 Å². The normalized spacial score (nSPS) is 12.7. The number of carbonyl (C=O) groups excluding carboxylic acids is 2. The number of hydrogen-bond donors (Lipinski definition) is 2. The lowest BCUT2D eigenvalue weighted by atomic mass is 10.1. The first-order valence-corrected chi connectivity index (χ1v) is 7.03. The fourth-order valence-electron chi connectivity index (χ4n) is 2.56. The van der Waals surface area contributed by atoms with Crippen molar-refractivity contribution in [2.24, 2.45) is 0 Å². The summed E-state index contributed by atoms with van der Waals surface area (Å²) in [5, 5.41) is 0. The van der Waals surface area contributed by atoms with Crippen molar-refractivity contribution in [1.29, 1.82) is 0 Å². The van der Waals surface area contributed by atoms with Crippen LogP contribution in [0, 0.1) is 6.92 Å². The first kappa shape index (κ1) is 14.1. The van der Waals surface area contributed by atoms with Crippen molar-refractivity contribution in [2.75, 3.05) is 16.9 Å². The average molecular weight is 296 g/mol. The summed E-state index contributed by atoms with van der Waals surface area (Å²) >= 11 is 0. The van der Waals surface area contributed by atoms with Gasteiger partial charge in [-0.05, 0) is 42.7 Å². The van der Waals surface area contributed by atoms with E-state index < -0.39 is 11.8 Å². The van der Waals surface area contributed by atoms with Gasteiger partial charge >= 0.3 is 11.8 Å². The fourth-order valence-corrected chi connectivity index (χ4v) is 2.56. The van der Waals surface area contributed by atoms with Crippen LogP contribution in [0.25, 0.3) is 0 Å². The standard InChI is InChI=1S/C16H16N4O2/c1-11-3-2-4-14-13(11)7-10-20(14)16(22)15(21)19-18-12-5-8-17-9-6-12/h2-6,8-9H,7,10H2,1H3,(H,17,18)(H,19,21). The first-order chi connectivity index (χ1) is 10.7. The van der Waals surface area contributed by atoms with Gasteiger partial charge in [0, 0.05) is 24.6 Å². The minimum Gasteiger partial charge on any atom is -0.303 e. The molecule has 1 aliphatic heterocycles. The quantitative estimate of drug-likeness (QED) is 0.649. The number of nitrogens with one attached hydrogen (secondary N) is 2. The van der Waals surface area contributed by atoms with E-state index in [1.54, 1.807) is 24.5 Å². The number of hydrogen-bond acceptors (Lipinski definition) is 4. The Morgan fingerprint density at radius 2 is 1.95 bits per heavy atom. The first-order valence-electron chi connectivity index (χ1n) is 7.03. The smallest absolute Gasteiger partial charge is 0.303 e. The summed E-state index contributed by atoms with van der Waals surface area (Å²) in [4.78, 5) is 29.7. The van der Waals surface area contributed by atoms with Crippen LogP contribution in [-0.4, -0.2) is 23.3 Å². The van der Waals surface area contributed by atoms with E-state index >= 15 is 0 Å². The van der Waals surface area contributed by atoms with Gasteiger partial charge in [0.1, 0.15) is 0 Å². The molecular formula is C16H16N4O2. The number of aryl methyl sites for hydroxylation is 1. The molecule has 0 radical (unpaired) electrons. The molecule has 3 rings (SSSR count). The summed E-state index contributed by atoms with van der Waals surface area (Å²) in [5.41, 5.74) is 8.87. The number of hydrazine groups is 1. The second-order valence-corrected chi connectivity index (χ2v) is 5.09. The zero-order chi connectivity index (χ0) is 15.5. The van der Waals surface area contributed by atoms with Crippen LogP contribution in [0.15, 0.2) is 42.7 Å². The topological polar surface area (TPSA) is 74.3 Å². The number of rotatable bonds is 2. The molecule has 1 aromatic heterocycles. The molecular weight excluding hydrogens is 280 g/mol. The molecule has 0 unspecified atom stereocenters. The van der Waals surface area contributed by atoms with Gasteiger partial charge in [-0.25, -0.2) is 0 Å². The Hall–Kier alpha value is -2.89. The molecule has 2 heterocycles. The molecule has 1 aromatic carbocycles. The number of fused-ring (bicyclic) bond motifs is 1. The van der Waals surface area contributed by atoms with Crippen molar-refractivity contribution in [3.8, 4) is 0 Å². The molecule has 1 aliphatic rings. The molecule has 0 saturated heterocycles. The van der Waals surface area contributed by atoms with Crippen LogP contribution in [0.3, 0.4) is 0 Å². The molecule has 2 aromatic rings. The zero-order valence-electron chi connectivity index (χ0n) is 12.2. The van der Waals surface area contributed by atoms with E-state index in [4.69, 9.17) is 0 Å². The summed E-state index contributed by atoms with van der Waals surface area (Å²) in [6.45, 7) is 2.54. The van der Waals surface area contributed by atoms with Gasteiger partial charge in [-0.15, -0.1) is 0 Å². The Balaban J connectivity index is 1.68. The lowest BCUT2D eigenvalue weighted by molar-refractivity contribution is -0.137. The van der Waals surface area contributed by atoms with E-state index in [1.807, 2.05) is 25.1 Å². The minimum absolute atomic E-state index is 0.529. The molecule has 0 fully saturated rings. The molecule has 2 N–H and O–H groups in total. The summed E-state index contributed by atoms with van der Waals surface area (Å²) in [6, 6.07) is 9.17. The van der Waals surface area contributed by atoms with Gasteiger partial charge in [0.05, 0.1) is 5.69 Å². The summed E-state index contributed by atoms with van der Waals surface area (Å²) in [7, 11) is 0. The highest BCUT2D eigenvalue weighted by molar-refractivity contribution is 6.40. The predicted octanol–water partition coefficient (Wildman–Crippen LogP) is 1.42. The molecule has 6 nitrogen and oxygen atoms in total. The number of carbonyl (C=O) groups is 2. The van der Waals surface area contributed by atoms with Gasteiger partial charge in [0.25, 0.3) is 0 Å². The lowest BCUT2D eigenvalue weighted by Gasteiger charge is -2.17. The fraction of sp³-hybridized carbons (Fsp3) is 0.188. The summed E-state index contributed by atoms with van der Waals surface area (Å²) < 4.78 is 0. The van der Waals surface area contributed by atoms with Crippen LogP contribution in [0.5, 0.6) is 0 Å². The van der Waals surface area contributed by atoms with E-state index in [0.29, 0.717) is 12.2 Å². The van der Waals surface area contributed by atoms with Gasteiger partial charge < -0.3 is 4.90 Å². The molecule has 0 saturated carbocycles. The summed E-state index contributed by atoms with van der Waals surface area (Å²) in [5.74, 6) is -1.25. The molecule has 0 atom stereocenters. The van der Waals surface area contributed by atoms with Gasteiger partial charge in [-0.1, -0.05) is 12.1 Å². The van der Waals surface area contributed by atoms with Crippen LogP contribution in [0.2, 0.25) is 0 Å². The van der Waals surface area contributed by atoms with Crippen LogP contribution < -0.4 is 15.8 Å². The highest BCUT2D eigenvalue weighted by atomic mass is 16.2. The third-order valence-electron chi connectivity index (χ3n) is 3.70. The van der Waals surface area contributed by atoms with Gasteiger partial charge in [-0.3, -0.25) is 25.4 Å². The van der Waals surface area contributed by atoms with Crippen molar-refractivity contribution in [3.63, 3.8) is 0 Å². The van der Waals surface area contributed by atoms with Crippen LogP contribution in [0.1, 0.15) is 11.1 Å². The maximum Gasteiger partial charge on any atom is 0.328 e. The predicted molar refractivity (Wildman–Crippen MR) is 83.2 cm³/mol. The number of aromatic nitrogens is 1. The molecule has 112 valence electrons. The maximum absolute atomic E-state index is 12.3. The largest absolute Gasteiger partial charge is 0.328 e. The van der Waals surface area contributed by atoms with Crippen LogP contribution in [0.4, 0.5) is 11.4 Å². The van der Waals surface area contributed by atoms with Gasteiger partial charge in [0.15, 0.2) is 0 Å². The monoisotopic (exact) mass is 296 g/mol. The van der Waals surface area contributed by atoms with Crippen molar-refractivity contribution < 1.29 is 9.59 Å². The van der Waals surface area contributed by atoms with Crippen LogP contribution >= 0.6 is 0 Å². The molecule has 0 spiro atoms.